The van der Waals surface area contributed by atoms with E-state index in [1.54, 1.807) is 6.20 Å². The molecule has 0 aromatic heterocycles. The molecule has 0 radical (unpaired) electrons. The lowest BCUT2D eigenvalue weighted by Gasteiger charge is -2.32. The third-order valence-corrected chi connectivity index (χ3v) is 6.34. The number of benzene rings is 1. The fraction of sp³-hybridized carbons (Fsp3) is 0.630. The van der Waals surface area contributed by atoms with Crippen LogP contribution in [0.15, 0.2) is 41.5 Å². The van der Waals surface area contributed by atoms with E-state index in [4.69, 9.17) is 9.47 Å². The highest BCUT2D eigenvalue weighted by atomic mass is 16.5. The van der Waals surface area contributed by atoms with Gasteiger partial charge in [-0.1, -0.05) is 32.9 Å². The Kier molecular flexibility index (Phi) is 8.57. The number of amidine groups is 1. The molecule has 3 rings (SSSR count). The van der Waals surface area contributed by atoms with Crippen molar-refractivity contribution >= 4 is 11.8 Å². The third-order valence-electron chi connectivity index (χ3n) is 6.34. The minimum Gasteiger partial charge on any atom is -0.493 e. The molecular weight excluding hydrogens is 414 g/mol. The van der Waals surface area contributed by atoms with Gasteiger partial charge in [0.05, 0.1) is 18.1 Å². The van der Waals surface area contributed by atoms with Crippen LogP contribution in [0.3, 0.4) is 0 Å². The first-order chi connectivity index (χ1) is 15.7. The van der Waals surface area contributed by atoms with Gasteiger partial charge in [0.15, 0.2) is 0 Å². The Morgan fingerprint density at radius 2 is 1.97 bits per heavy atom. The van der Waals surface area contributed by atoms with Crippen molar-refractivity contribution in [2.24, 2.45) is 16.3 Å². The normalized spacial score (nSPS) is 22.9. The number of carbonyl (C=O) groups is 1. The lowest BCUT2D eigenvalue weighted by Crippen LogP contribution is -2.41. The summed E-state index contributed by atoms with van der Waals surface area (Å²) >= 11 is 0. The smallest absolute Gasteiger partial charge is 0.316 e. The van der Waals surface area contributed by atoms with Gasteiger partial charge in [0.2, 0.25) is 0 Å². The Hall–Kier alpha value is -2.34. The number of rotatable bonds is 9. The molecule has 2 aliphatic rings. The molecule has 0 N–H and O–H groups in total. The second-order valence-electron chi connectivity index (χ2n) is 10.2. The van der Waals surface area contributed by atoms with Gasteiger partial charge in [0.25, 0.3) is 0 Å². The van der Waals surface area contributed by atoms with Crippen LogP contribution in [0, 0.1) is 11.3 Å². The maximum absolute atomic E-state index is 12.6. The third kappa shape index (κ3) is 6.83. The van der Waals surface area contributed by atoms with Crippen molar-refractivity contribution in [3.63, 3.8) is 0 Å². The van der Waals surface area contributed by atoms with E-state index in [9.17, 15) is 4.79 Å². The highest BCUT2D eigenvalue weighted by molar-refractivity contribution is 5.92. The number of nitrogens with zero attached hydrogens (tertiary/aromatic N) is 3. The fourth-order valence-electron chi connectivity index (χ4n) is 4.37. The van der Waals surface area contributed by atoms with Crippen LogP contribution in [0.4, 0.5) is 0 Å². The molecule has 0 spiro atoms. The van der Waals surface area contributed by atoms with Crippen LogP contribution in [0.2, 0.25) is 0 Å². The second-order valence-corrected chi connectivity index (χ2v) is 10.2. The Balaban J connectivity index is 1.57. The molecule has 2 atom stereocenters. The molecule has 1 aromatic rings. The van der Waals surface area contributed by atoms with Crippen LogP contribution in [0.25, 0.3) is 0 Å². The monoisotopic (exact) mass is 455 g/mol. The van der Waals surface area contributed by atoms with E-state index in [2.05, 4.69) is 59.8 Å². The van der Waals surface area contributed by atoms with Crippen molar-refractivity contribution in [1.29, 1.82) is 0 Å². The van der Waals surface area contributed by atoms with Crippen LogP contribution in [0.1, 0.15) is 59.9 Å². The molecule has 2 heterocycles. The Bertz CT molecular complexity index is 847. The predicted octanol–water partition coefficient (Wildman–Crippen LogP) is 4.89. The summed E-state index contributed by atoms with van der Waals surface area (Å²) in [6.07, 6.45) is 5.22. The number of likely N-dealkylation sites (N-methyl/N-ethyl adjacent to an activating group) is 1. The van der Waals surface area contributed by atoms with E-state index in [1.807, 2.05) is 26.8 Å². The van der Waals surface area contributed by atoms with Gasteiger partial charge in [-0.2, -0.15) is 0 Å². The van der Waals surface area contributed by atoms with Crippen molar-refractivity contribution in [1.82, 2.24) is 9.80 Å². The van der Waals surface area contributed by atoms with Gasteiger partial charge in [-0.05, 0) is 63.4 Å². The molecule has 0 saturated carbocycles. The average Bonchev–Trinajstić information content (AvgIpc) is 3.26. The van der Waals surface area contributed by atoms with Crippen LogP contribution in [0.5, 0.6) is 5.75 Å². The van der Waals surface area contributed by atoms with Crippen molar-refractivity contribution < 1.29 is 14.3 Å². The average molecular weight is 456 g/mol. The van der Waals surface area contributed by atoms with Crippen molar-refractivity contribution in [2.45, 2.75) is 73.1 Å². The maximum Gasteiger partial charge on any atom is 0.316 e. The number of aliphatic imine (C=N–C) groups is 1. The quantitative estimate of drug-likeness (QED) is 0.496. The van der Waals surface area contributed by atoms with Crippen LogP contribution in [-0.2, 0) is 16.1 Å². The first-order valence-electron chi connectivity index (χ1n) is 12.4. The number of esters is 1. The van der Waals surface area contributed by atoms with E-state index in [1.165, 1.54) is 5.56 Å². The maximum atomic E-state index is 12.6. The highest BCUT2D eigenvalue weighted by Crippen LogP contribution is 2.32. The summed E-state index contributed by atoms with van der Waals surface area (Å²) in [4.78, 5) is 22.2. The zero-order valence-electron chi connectivity index (χ0n) is 21.2. The Morgan fingerprint density at radius 3 is 2.61 bits per heavy atom. The van der Waals surface area contributed by atoms with E-state index in [-0.39, 0.29) is 12.1 Å². The van der Waals surface area contributed by atoms with Crippen molar-refractivity contribution in [3.8, 4) is 5.75 Å². The van der Waals surface area contributed by atoms with E-state index in [0.29, 0.717) is 18.4 Å². The molecule has 0 bridgehead atoms. The summed E-state index contributed by atoms with van der Waals surface area (Å²) < 4.78 is 11.3. The minimum absolute atomic E-state index is 0.116. The van der Waals surface area contributed by atoms with Crippen LogP contribution < -0.4 is 4.74 Å². The minimum atomic E-state index is -0.650. The molecule has 0 aliphatic carbocycles. The van der Waals surface area contributed by atoms with Crippen LogP contribution >= 0.6 is 0 Å². The van der Waals surface area contributed by atoms with Gasteiger partial charge in [0, 0.05) is 38.3 Å². The fourth-order valence-corrected chi connectivity index (χ4v) is 4.37. The van der Waals surface area contributed by atoms with E-state index in [0.717, 1.165) is 50.8 Å². The molecule has 1 fully saturated rings. The molecule has 182 valence electrons. The molecular formula is C27H41N3O3. The van der Waals surface area contributed by atoms with Gasteiger partial charge < -0.3 is 14.4 Å². The summed E-state index contributed by atoms with van der Waals surface area (Å²) in [5, 5.41) is 0. The lowest BCUT2D eigenvalue weighted by atomic mass is 9.84. The number of likely N-dealkylation sites (tertiary alicyclic amines) is 1. The molecule has 1 aromatic carbocycles. The zero-order chi connectivity index (χ0) is 24.0. The molecule has 1 saturated heterocycles. The first-order valence-corrected chi connectivity index (χ1v) is 12.4. The standard InChI is InChI=1S/C27H41N3O3/c1-7-29(17-22-8-10-24(11-9-22)32-19-20(2)3)23-12-15-30(18-23)25-16-27(6,13-14-28-25)26(31)33-21(4)5/h8-11,13-14,20-21,23H,7,12,15-19H2,1-6H3/t23-,27?/m1/s1. The summed E-state index contributed by atoms with van der Waals surface area (Å²) in [5.41, 5.74) is 0.651. The van der Waals surface area contributed by atoms with Crippen molar-refractivity contribution in [2.75, 3.05) is 26.2 Å². The molecule has 2 aliphatic heterocycles. The van der Waals surface area contributed by atoms with Gasteiger partial charge in [-0.25, -0.2) is 4.99 Å². The topological polar surface area (TPSA) is 54.4 Å². The summed E-state index contributed by atoms with van der Waals surface area (Å²) in [6, 6.07) is 8.97. The van der Waals surface area contributed by atoms with Gasteiger partial charge in [-0.15, -0.1) is 0 Å². The van der Waals surface area contributed by atoms with E-state index >= 15 is 0 Å². The number of hydrogen-bond donors (Lipinski definition) is 0. The zero-order valence-corrected chi connectivity index (χ0v) is 21.2. The number of ether oxygens (including phenoxy) is 2. The predicted molar refractivity (Wildman–Crippen MR) is 133 cm³/mol. The second kappa shape index (κ2) is 11.2. The number of hydrogen-bond acceptors (Lipinski definition) is 6. The summed E-state index contributed by atoms with van der Waals surface area (Å²) in [5.74, 6) is 2.28. The largest absolute Gasteiger partial charge is 0.493 e. The summed E-state index contributed by atoms with van der Waals surface area (Å²) in [6.45, 7) is 16.8. The summed E-state index contributed by atoms with van der Waals surface area (Å²) in [7, 11) is 0. The highest BCUT2D eigenvalue weighted by Gasteiger charge is 2.39. The molecule has 0 amide bonds. The molecule has 6 heteroatoms. The first kappa shape index (κ1) is 25.3. The molecule has 33 heavy (non-hydrogen) atoms. The lowest BCUT2D eigenvalue weighted by molar-refractivity contribution is -0.155. The molecule has 6 nitrogen and oxygen atoms in total. The van der Waals surface area contributed by atoms with Gasteiger partial charge >= 0.3 is 5.97 Å². The number of carbonyl (C=O) groups excluding carboxylic acids is 1. The van der Waals surface area contributed by atoms with Gasteiger partial charge in [0.1, 0.15) is 11.6 Å². The van der Waals surface area contributed by atoms with Crippen molar-refractivity contribution in [3.05, 3.63) is 42.1 Å². The molecule has 1 unspecified atom stereocenters. The van der Waals surface area contributed by atoms with Gasteiger partial charge in [-0.3, -0.25) is 9.69 Å². The SMILES string of the molecule is CCN(Cc1ccc(OCC(C)C)cc1)[C@@H]1CCN(C2=NC=CC(C)(C(=O)OC(C)C)C2)C1. The Labute approximate surface area is 199 Å². The van der Waals surface area contributed by atoms with Crippen LogP contribution in [-0.4, -0.2) is 60.0 Å². The van der Waals surface area contributed by atoms with E-state index < -0.39 is 5.41 Å². The Morgan fingerprint density at radius 1 is 1.24 bits per heavy atom.